The highest BCUT2D eigenvalue weighted by Crippen LogP contribution is 2.36. The quantitative estimate of drug-likeness (QED) is 0.857. The Kier molecular flexibility index (Phi) is 3.38. The van der Waals surface area contributed by atoms with Gasteiger partial charge in [-0.05, 0) is 37.0 Å². The lowest BCUT2D eigenvalue weighted by Crippen LogP contribution is -2.31. The molecule has 0 radical (unpaired) electrons. The average molecular weight is 316 g/mol. The molecule has 1 aliphatic carbocycles. The molecule has 5 nitrogen and oxygen atoms in total. The van der Waals surface area contributed by atoms with Crippen LogP contribution in [0.5, 0.6) is 5.75 Å². The van der Waals surface area contributed by atoms with Gasteiger partial charge in [0, 0.05) is 22.8 Å². The molecule has 1 amide bonds. The van der Waals surface area contributed by atoms with Crippen LogP contribution in [0.25, 0.3) is 0 Å². The summed E-state index contributed by atoms with van der Waals surface area (Å²) in [5.41, 5.74) is 0.583. The van der Waals surface area contributed by atoms with E-state index in [1.807, 2.05) is 0 Å². The van der Waals surface area contributed by atoms with Gasteiger partial charge >= 0.3 is 0 Å². The minimum Gasteiger partial charge on any atom is -0.492 e. The van der Waals surface area contributed by atoms with Crippen molar-refractivity contribution < 1.29 is 17.9 Å². The topological polar surface area (TPSA) is 72.5 Å². The van der Waals surface area contributed by atoms with E-state index < -0.39 is 15.0 Å². The van der Waals surface area contributed by atoms with Gasteiger partial charge in [-0.3, -0.25) is 4.79 Å². The fourth-order valence-electron chi connectivity index (χ4n) is 2.25. The molecule has 3 rings (SSSR count). The second-order valence-electron chi connectivity index (χ2n) is 5.19. The summed E-state index contributed by atoms with van der Waals surface area (Å²) in [5, 5.41) is 2.88. The molecule has 1 atom stereocenters. The standard InChI is InChI=1S/C13H14ClNO4S/c14-20(17,18)9-3-4-12-10(5-9)11(7-19-12)13(16)15-6-8-1-2-8/h3-5,8,11H,1-2,6-7H2,(H,15,16). The normalized spacial score (nSPS) is 21.1. The van der Waals surface area contributed by atoms with Crippen LogP contribution in [0.4, 0.5) is 0 Å². The lowest BCUT2D eigenvalue weighted by Gasteiger charge is -2.10. The maximum absolute atomic E-state index is 12.1. The van der Waals surface area contributed by atoms with E-state index in [2.05, 4.69) is 5.32 Å². The number of benzene rings is 1. The number of ether oxygens (including phenoxy) is 1. The summed E-state index contributed by atoms with van der Waals surface area (Å²) in [6.07, 6.45) is 2.32. The van der Waals surface area contributed by atoms with Crippen molar-refractivity contribution in [2.45, 2.75) is 23.7 Å². The fourth-order valence-corrected chi connectivity index (χ4v) is 3.04. The predicted molar refractivity (Wildman–Crippen MR) is 73.5 cm³/mol. The van der Waals surface area contributed by atoms with E-state index in [0.29, 0.717) is 23.8 Å². The molecule has 20 heavy (non-hydrogen) atoms. The minimum absolute atomic E-state index is 0.0107. The first-order valence-corrected chi connectivity index (χ1v) is 8.75. The van der Waals surface area contributed by atoms with Gasteiger partial charge in [0.05, 0.1) is 4.90 Å². The van der Waals surface area contributed by atoms with E-state index in [-0.39, 0.29) is 17.4 Å². The van der Waals surface area contributed by atoms with Crippen LogP contribution in [0.1, 0.15) is 24.3 Å². The Labute approximate surface area is 121 Å². The highest BCUT2D eigenvalue weighted by Gasteiger charge is 2.32. The Morgan fingerprint density at radius 1 is 1.40 bits per heavy atom. The largest absolute Gasteiger partial charge is 0.492 e. The maximum atomic E-state index is 12.1. The molecule has 108 valence electrons. The van der Waals surface area contributed by atoms with Gasteiger partial charge in [-0.2, -0.15) is 0 Å². The van der Waals surface area contributed by atoms with Crippen LogP contribution >= 0.6 is 10.7 Å². The van der Waals surface area contributed by atoms with Gasteiger partial charge in [-0.15, -0.1) is 0 Å². The average Bonchev–Trinajstić information content (AvgIpc) is 3.12. The number of fused-ring (bicyclic) bond motifs is 1. The molecule has 0 aromatic heterocycles. The third-order valence-electron chi connectivity index (χ3n) is 3.62. The number of nitrogens with one attached hydrogen (secondary N) is 1. The first kappa shape index (κ1) is 13.7. The second-order valence-corrected chi connectivity index (χ2v) is 7.76. The Morgan fingerprint density at radius 2 is 2.15 bits per heavy atom. The van der Waals surface area contributed by atoms with Crippen molar-refractivity contribution in [3.8, 4) is 5.75 Å². The summed E-state index contributed by atoms with van der Waals surface area (Å²) in [4.78, 5) is 12.1. The van der Waals surface area contributed by atoms with Crippen molar-refractivity contribution in [3.05, 3.63) is 23.8 Å². The number of hydrogen-bond donors (Lipinski definition) is 1. The predicted octanol–water partition coefficient (Wildman–Crippen LogP) is 1.62. The van der Waals surface area contributed by atoms with Gasteiger partial charge in [0.15, 0.2) is 0 Å². The number of halogens is 1. The maximum Gasteiger partial charge on any atom is 0.261 e. The third-order valence-corrected chi connectivity index (χ3v) is 4.97. The van der Waals surface area contributed by atoms with E-state index in [9.17, 15) is 13.2 Å². The van der Waals surface area contributed by atoms with E-state index in [1.54, 1.807) is 6.07 Å². The van der Waals surface area contributed by atoms with Crippen molar-refractivity contribution in [2.24, 2.45) is 5.92 Å². The fraction of sp³-hybridized carbons (Fsp3) is 0.462. The van der Waals surface area contributed by atoms with Crippen LogP contribution < -0.4 is 10.1 Å². The Balaban J connectivity index is 1.82. The SMILES string of the molecule is O=C(NCC1CC1)C1COc2ccc(S(=O)(=O)Cl)cc21. The smallest absolute Gasteiger partial charge is 0.261 e. The molecule has 1 aliphatic heterocycles. The minimum atomic E-state index is -3.80. The van der Waals surface area contributed by atoms with Crippen LogP contribution in [0.2, 0.25) is 0 Å². The zero-order valence-electron chi connectivity index (χ0n) is 10.6. The van der Waals surface area contributed by atoms with E-state index in [0.717, 1.165) is 12.8 Å². The van der Waals surface area contributed by atoms with E-state index >= 15 is 0 Å². The Bertz CT molecular complexity index is 654. The van der Waals surface area contributed by atoms with Gasteiger partial charge in [0.1, 0.15) is 18.3 Å². The molecule has 1 heterocycles. The summed E-state index contributed by atoms with van der Waals surface area (Å²) >= 11 is 0. The zero-order chi connectivity index (χ0) is 14.3. The van der Waals surface area contributed by atoms with Gasteiger partial charge < -0.3 is 10.1 Å². The van der Waals surface area contributed by atoms with Gasteiger partial charge in [0.25, 0.3) is 9.05 Å². The Morgan fingerprint density at radius 3 is 2.80 bits per heavy atom. The van der Waals surface area contributed by atoms with Crippen molar-refractivity contribution in [1.82, 2.24) is 5.32 Å². The number of rotatable bonds is 4. The summed E-state index contributed by atoms with van der Waals surface area (Å²) in [7, 11) is 1.53. The van der Waals surface area contributed by atoms with Gasteiger partial charge in [0.2, 0.25) is 5.91 Å². The number of hydrogen-bond acceptors (Lipinski definition) is 4. The zero-order valence-corrected chi connectivity index (χ0v) is 12.2. The first-order valence-electron chi connectivity index (χ1n) is 6.44. The highest BCUT2D eigenvalue weighted by molar-refractivity contribution is 8.13. The molecule has 7 heteroatoms. The molecule has 2 aliphatic rings. The van der Waals surface area contributed by atoms with Crippen LogP contribution in [-0.4, -0.2) is 27.5 Å². The third kappa shape index (κ3) is 2.76. The van der Waals surface area contributed by atoms with Crippen molar-refractivity contribution >= 4 is 25.6 Å². The van der Waals surface area contributed by atoms with Crippen LogP contribution in [0.3, 0.4) is 0 Å². The summed E-state index contributed by atoms with van der Waals surface area (Å²) in [5.74, 6) is 0.540. The molecule has 0 spiro atoms. The first-order chi connectivity index (χ1) is 9.45. The van der Waals surface area contributed by atoms with Crippen molar-refractivity contribution in [1.29, 1.82) is 0 Å². The van der Waals surface area contributed by atoms with Crippen molar-refractivity contribution in [3.63, 3.8) is 0 Å². The lowest BCUT2D eigenvalue weighted by atomic mass is 10.0. The van der Waals surface area contributed by atoms with E-state index in [1.165, 1.54) is 12.1 Å². The summed E-state index contributed by atoms with van der Waals surface area (Å²) in [6, 6.07) is 4.34. The summed E-state index contributed by atoms with van der Waals surface area (Å²) in [6.45, 7) is 0.912. The molecule has 1 N–H and O–H groups in total. The second kappa shape index (κ2) is 4.93. The molecule has 0 saturated heterocycles. The molecule has 0 bridgehead atoms. The summed E-state index contributed by atoms with van der Waals surface area (Å²) < 4.78 is 28.1. The monoisotopic (exact) mass is 315 g/mol. The Hall–Kier alpha value is -1.27. The molecule has 1 unspecified atom stereocenters. The molecular weight excluding hydrogens is 302 g/mol. The van der Waals surface area contributed by atoms with E-state index in [4.69, 9.17) is 15.4 Å². The molecule has 1 saturated carbocycles. The van der Waals surface area contributed by atoms with Crippen LogP contribution in [0.15, 0.2) is 23.1 Å². The van der Waals surface area contributed by atoms with Crippen molar-refractivity contribution in [2.75, 3.05) is 13.2 Å². The molecule has 1 fully saturated rings. The van der Waals surface area contributed by atoms with Gasteiger partial charge in [-0.1, -0.05) is 0 Å². The highest BCUT2D eigenvalue weighted by atomic mass is 35.7. The van der Waals surface area contributed by atoms with Crippen LogP contribution in [-0.2, 0) is 13.8 Å². The van der Waals surface area contributed by atoms with Gasteiger partial charge in [-0.25, -0.2) is 8.42 Å². The van der Waals surface area contributed by atoms with Crippen LogP contribution in [0, 0.1) is 5.92 Å². The lowest BCUT2D eigenvalue weighted by molar-refractivity contribution is -0.122. The number of amides is 1. The molecule has 1 aromatic rings. The number of carbonyl (C=O) groups is 1. The molecular formula is C13H14ClNO4S. The number of carbonyl (C=O) groups excluding carboxylic acids is 1. The molecule has 1 aromatic carbocycles.